The van der Waals surface area contributed by atoms with E-state index < -0.39 is 36.2 Å². The minimum atomic E-state index is -2.79. The molecule has 176 valence electrons. The predicted octanol–water partition coefficient (Wildman–Crippen LogP) is 5.08. The largest absolute Gasteiger partial charge is 0.478 e. The fourth-order valence-electron chi connectivity index (χ4n) is 4.25. The predicted molar refractivity (Wildman–Crippen MR) is 124 cm³/mol. The van der Waals surface area contributed by atoms with Crippen LogP contribution in [0.1, 0.15) is 52.9 Å². The summed E-state index contributed by atoms with van der Waals surface area (Å²) in [6, 6.07) is 11.3. The number of nitrogens with one attached hydrogen (secondary N) is 1. The van der Waals surface area contributed by atoms with E-state index in [0.29, 0.717) is 11.3 Å². The number of aryl methyl sites for hydroxylation is 1. The second-order valence-corrected chi connectivity index (χ2v) is 8.51. The van der Waals surface area contributed by atoms with Crippen molar-refractivity contribution in [3.8, 4) is 6.07 Å². The number of halogens is 2. The molecule has 0 spiro atoms. The third-order valence-corrected chi connectivity index (χ3v) is 6.04. The minimum Gasteiger partial charge on any atom is -0.478 e. The number of carbonyl (C=O) groups is 1. The lowest BCUT2D eigenvalue weighted by molar-refractivity contribution is -0.0225. The highest BCUT2D eigenvalue weighted by Gasteiger charge is 2.36. The van der Waals surface area contributed by atoms with Crippen molar-refractivity contribution in [1.82, 2.24) is 0 Å². The van der Waals surface area contributed by atoms with E-state index in [0.717, 1.165) is 5.56 Å². The molecule has 2 N–H and O–H groups in total. The number of rotatable bonds is 5. The summed E-state index contributed by atoms with van der Waals surface area (Å²) in [5.74, 6) is -3.89. The van der Waals surface area contributed by atoms with E-state index in [1.807, 2.05) is 12.1 Å². The van der Waals surface area contributed by atoms with Crippen LogP contribution in [-0.2, 0) is 0 Å². The first-order valence-corrected chi connectivity index (χ1v) is 10.8. The Morgan fingerprint density at radius 2 is 1.94 bits per heavy atom. The molecule has 3 aromatic rings. The van der Waals surface area contributed by atoms with E-state index in [2.05, 4.69) is 5.32 Å². The maximum atomic E-state index is 13.7. The zero-order valence-electron chi connectivity index (χ0n) is 18.7. The van der Waals surface area contributed by atoms with Crippen LogP contribution >= 0.6 is 0 Å². The molecule has 0 saturated carbocycles. The highest BCUT2D eigenvalue weighted by Crippen LogP contribution is 2.35. The molecule has 0 radical (unpaired) electrons. The number of aromatic carboxylic acids is 1. The molecule has 2 aromatic carbocycles. The van der Waals surface area contributed by atoms with Gasteiger partial charge in [-0.1, -0.05) is 18.2 Å². The Kier molecular flexibility index (Phi) is 6.00. The Hall–Kier alpha value is -3.93. The minimum absolute atomic E-state index is 0.0151. The number of piperidine rings is 1. The molecule has 0 amide bonds. The monoisotopic (exact) mass is 467 g/mol. The van der Waals surface area contributed by atoms with Crippen LogP contribution in [-0.4, -0.2) is 30.1 Å². The number of alkyl halides is 2. The van der Waals surface area contributed by atoms with Crippen LogP contribution in [0.25, 0.3) is 11.0 Å². The van der Waals surface area contributed by atoms with Crippen LogP contribution in [0.15, 0.2) is 45.6 Å². The van der Waals surface area contributed by atoms with Crippen molar-refractivity contribution in [1.29, 1.82) is 5.26 Å². The maximum absolute atomic E-state index is 13.7. The van der Waals surface area contributed by atoms with Crippen LogP contribution in [0.5, 0.6) is 0 Å². The molecular formula is C25H23F2N3O4. The summed E-state index contributed by atoms with van der Waals surface area (Å²) in [4.78, 5) is 26.3. The zero-order valence-corrected chi connectivity index (χ0v) is 18.7. The summed E-state index contributed by atoms with van der Waals surface area (Å²) in [6.45, 7) is 3.51. The van der Waals surface area contributed by atoms with Crippen molar-refractivity contribution in [3.63, 3.8) is 0 Å². The summed E-state index contributed by atoms with van der Waals surface area (Å²) >= 11 is 0. The highest BCUT2D eigenvalue weighted by molar-refractivity contribution is 5.94. The van der Waals surface area contributed by atoms with Crippen molar-refractivity contribution < 1.29 is 23.1 Å². The molecule has 1 saturated heterocycles. The fraction of sp³-hybridized carbons (Fsp3) is 0.320. The van der Waals surface area contributed by atoms with Gasteiger partial charge in [0, 0.05) is 37.2 Å². The summed E-state index contributed by atoms with van der Waals surface area (Å²) in [5, 5.41) is 22.5. The lowest BCUT2D eigenvalue weighted by Crippen LogP contribution is -2.40. The molecule has 7 nitrogen and oxygen atoms in total. The average Bonchev–Trinajstić information content (AvgIpc) is 2.79. The Bertz CT molecular complexity index is 1370. The topological polar surface area (TPSA) is 107 Å². The normalized spacial score (nSPS) is 16.1. The molecule has 1 aliphatic heterocycles. The molecule has 2 heterocycles. The number of para-hydroxylation sites is 1. The lowest BCUT2D eigenvalue weighted by Gasteiger charge is -2.32. The Morgan fingerprint density at radius 3 is 2.59 bits per heavy atom. The number of carboxylic acid groups (broad SMARTS) is 1. The van der Waals surface area contributed by atoms with Gasteiger partial charge < -0.3 is 19.7 Å². The molecule has 0 aliphatic carbocycles. The van der Waals surface area contributed by atoms with Gasteiger partial charge in [-0.2, -0.15) is 5.26 Å². The summed E-state index contributed by atoms with van der Waals surface area (Å²) < 4.78 is 33.5. The first-order valence-electron chi connectivity index (χ1n) is 10.8. The Labute approximate surface area is 194 Å². The van der Waals surface area contributed by atoms with Gasteiger partial charge in [0.1, 0.15) is 11.7 Å². The second kappa shape index (κ2) is 8.78. The molecular weight excluding hydrogens is 444 g/mol. The first-order chi connectivity index (χ1) is 16.1. The van der Waals surface area contributed by atoms with Gasteiger partial charge in [0.2, 0.25) is 11.3 Å². The number of nitrogens with zero attached hydrogens (tertiary/aromatic N) is 2. The zero-order chi connectivity index (χ0) is 24.6. The van der Waals surface area contributed by atoms with Gasteiger partial charge in [-0.3, -0.25) is 4.79 Å². The molecule has 1 fully saturated rings. The molecule has 1 aromatic heterocycles. The number of benzene rings is 2. The fourth-order valence-corrected chi connectivity index (χ4v) is 4.25. The van der Waals surface area contributed by atoms with Crippen molar-refractivity contribution >= 4 is 28.5 Å². The van der Waals surface area contributed by atoms with Crippen LogP contribution in [0.3, 0.4) is 0 Å². The smallest absolute Gasteiger partial charge is 0.337 e. The Balaban J connectivity index is 1.83. The van der Waals surface area contributed by atoms with Crippen molar-refractivity contribution in [2.75, 3.05) is 23.3 Å². The molecule has 1 atom stereocenters. The van der Waals surface area contributed by atoms with E-state index >= 15 is 0 Å². The molecule has 0 bridgehead atoms. The maximum Gasteiger partial charge on any atom is 0.337 e. The number of carboxylic acids is 1. The van der Waals surface area contributed by atoms with Crippen LogP contribution < -0.4 is 15.6 Å². The summed E-state index contributed by atoms with van der Waals surface area (Å²) in [7, 11) is 0. The van der Waals surface area contributed by atoms with Gasteiger partial charge in [0.05, 0.1) is 17.0 Å². The first kappa shape index (κ1) is 23.2. The number of hydrogen-bond acceptors (Lipinski definition) is 6. The molecule has 4 rings (SSSR count). The van der Waals surface area contributed by atoms with Crippen LogP contribution in [0.4, 0.5) is 20.4 Å². The van der Waals surface area contributed by atoms with Gasteiger partial charge in [-0.05, 0) is 37.6 Å². The lowest BCUT2D eigenvalue weighted by atomic mass is 9.99. The second-order valence-electron chi connectivity index (χ2n) is 8.51. The molecule has 1 aliphatic rings. The standard InChI is InChI=1S/C25H23F2N3O4/c1-14-11-17(15(2)29-20-6-4-3-5-16(20)24(32)33)22-18(12-14)21(31)19(13-28)23(34-22)30-9-7-25(26,27)8-10-30/h3-6,11-12,15,29H,7-10H2,1-2H3,(H,32,33). The SMILES string of the molecule is Cc1cc(C(C)Nc2ccccc2C(=O)O)c2oc(N3CCC(F)(F)CC3)c(C#N)c(=O)c2c1. The third-order valence-electron chi connectivity index (χ3n) is 6.04. The quantitative estimate of drug-likeness (QED) is 0.539. The van der Waals surface area contributed by atoms with Gasteiger partial charge in [-0.15, -0.1) is 0 Å². The van der Waals surface area contributed by atoms with Crippen LogP contribution in [0.2, 0.25) is 0 Å². The number of nitriles is 1. The molecule has 34 heavy (non-hydrogen) atoms. The third kappa shape index (κ3) is 4.31. The van der Waals surface area contributed by atoms with E-state index in [1.165, 1.54) is 11.0 Å². The molecule has 1 unspecified atom stereocenters. The van der Waals surface area contributed by atoms with E-state index in [4.69, 9.17) is 4.42 Å². The Morgan fingerprint density at radius 1 is 1.26 bits per heavy atom. The number of hydrogen-bond donors (Lipinski definition) is 2. The van der Waals surface area contributed by atoms with E-state index in [-0.39, 0.29) is 41.1 Å². The highest BCUT2D eigenvalue weighted by atomic mass is 19.3. The molecule has 9 heteroatoms. The van der Waals surface area contributed by atoms with Crippen LogP contribution in [0, 0.1) is 18.3 Å². The van der Waals surface area contributed by atoms with E-state index in [1.54, 1.807) is 38.1 Å². The summed E-state index contributed by atoms with van der Waals surface area (Å²) in [5.41, 5.74) is 1.31. The average molecular weight is 467 g/mol. The van der Waals surface area contributed by atoms with Crippen molar-refractivity contribution in [3.05, 3.63) is 68.9 Å². The summed E-state index contributed by atoms with van der Waals surface area (Å²) in [6.07, 6.45) is -0.797. The van der Waals surface area contributed by atoms with Crippen molar-refractivity contribution in [2.45, 2.75) is 38.7 Å². The van der Waals surface area contributed by atoms with Crippen molar-refractivity contribution in [2.24, 2.45) is 0 Å². The number of anilines is 2. The van der Waals surface area contributed by atoms with Gasteiger partial charge in [0.25, 0.3) is 5.92 Å². The number of fused-ring (bicyclic) bond motifs is 1. The van der Waals surface area contributed by atoms with Gasteiger partial charge in [0.15, 0.2) is 5.56 Å². The van der Waals surface area contributed by atoms with Gasteiger partial charge >= 0.3 is 5.97 Å². The van der Waals surface area contributed by atoms with Gasteiger partial charge in [-0.25, -0.2) is 13.6 Å². The van der Waals surface area contributed by atoms with E-state index in [9.17, 15) is 28.7 Å².